The summed E-state index contributed by atoms with van der Waals surface area (Å²) >= 11 is 0. The number of carbonyl (C=O) groups excluding carboxylic acids is 1. The molecule has 2 heterocycles. The van der Waals surface area contributed by atoms with E-state index in [0.29, 0.717) is 36.9 Å². The van der Waals surface area contributed by atoms with E-state index < -0.39 is 0 Å². The molecule has 0 saturated carbocycles. The van der Waals surface area contributed by atoms with Gasteiger partial charge in [-0.2, -0.15) is 5.26 Å². The summed E-state index contributed by atoms with van der Waals surface area (Å²) in [5.41, 5.74) is 0.709. The van der Waals surface area contributed by atoms with Crippen molar-refractivity contribution in [3.05, 3.63) is 18.2 Å². The van der Waals surface area contributed by atoms with Crippen molar-refractivity contribution in [2.75, 3.05) is 38.2 Å². The van der Waals surface area contributed by atoms with Crippen molar-refractivity contribution in [1.29, 1.82) is 5.26 Å². The van der Waals surface area contributed by atoms with Gasteiger partial charge < -0.3 is 14.8 Å². The highest BCUT2D eigenvalue weighted by molar-refractivity contribution is 5.92. The van der Waals surface area contributed by atoms with E-state index in [1.165, 1.54) is 0 Å². The van der Waals surface area contributed by atoms with Gasteiger partial charge in [0.15, 0.2) is 11.5 Å². The molecule has 0 aromatic heterocycles. The minimum atomic E-state index is -0.0490. The maximum atomic E-state index is 12.1. The number of likely N-dealkylation sites (tertiary alicyclic amines) is 1. The molecule has 1 amide bonds. The Morgan fingerprint density at radius 3 is 2.73 bits per heavy atom. The van der Waals surface area contributed by atoms with E-state index in [1.54, 1.807) is 6.07 Å². The van der Waals surface area contributed by atoms with Crippen LogP contribution in [0.15, 0.2) is 18.2 Å². The van der Waals surface area contributed by atoms with Gasteiger partial charge in [-0.25, -0.2) is 0 Å². The molecule has 1 fully saturated rings. The molecule has 1 aromatic carbocycles. The predicted octanol–water partition coefficient (Wildman–Crippen LogP) is 1.63. The normalized spacial score (nSPS) is 18.5. The second-order valence-corrected chi connectivity index (χ2v) is 5.59. The summed E-state index contributed by atoms with van der Waals surface area (Å²) in [6, 6.07) is 7.70. The Morgan fingerprint density at radius 1 is 1.27 bits per heavy atom. The Kier molecular flexibility index (Phi) is 4.45. The molecule has 0 bridgehead atoms. The lowest BCUT2D eigenvalue weighted by atomic mass is 9.99. The number of fused-ring (bicyclic) bond motifs is 1. The van der Waals surface area contributed by atoms with Crippen LogP contribution in [-0.4, -0.2) is 43.7 Å². The van der Waals surface area contributed by atoms with Crippen molar-refractivity contribution in [3.8, 4) is 17.6 Å². The standard InChI is InChI=1S/C16H19N3O3/c17-10-12-3-5-19(6-4-12)11-16(20)18-13-1-2-14-15(9-13)22-8-7-21-14/h1-2,9,12H,3-8,11H2,(H,18,20). The number of ether oxygens (including phenoxy) is 2. The molecule has 6 nitrogen and oxygen atoms in total. The van der Waals surface area contributed by atoms with Gasteiger partial charge in [0.05, 0.1) is 12.6 Å². The van der Waals surface area contributed by atoms with Crippen LogP contribution in [0.25, 0.3) is 0 Å². The van der Waals surface area contributed by atoms with Gasteiger partial charge in [0.2, 0.25) is 5.91 Å². The Balaban J connectivity index is 1.53. The van der Waals surface area contributed by atoms with E-state index in [0.717, 1.165) is 25.9 Å². The van der Waals surface area contributed by atoms with Gasteiger partial charge in [0.25, 0.3) is 0 Å². The molecule has 0 aliphatic carbocycles. The molecule has 2 aliphatic rings. The Labute approximate surface area is 129 Å². The zero-order valence-electron chi connectivity index (χ0n) is 12.4. The third kappa shape index (κ3) is 3.49. The van der Waals surface area contributed by atoms with Crippen LogP contribution < -0.4 is 14.8 Å². The Bertz CT molecular complexity index is 589. The van der Waals surface area contributed by atoms with Crippen LogP contribution in [0.5, 0.6) is 11.5 Å². The molecule has 3 rings (SSSR count). The number of hydrogen-bond acceptors (Lipinski definition) is 5. The average molecular weight is 301 g/mol. The van der Waals surface area contributed by atoms with Crippen molar-refractivity contribution in [2.45, 2.75) is 12.8 Å². The van der Waals surface area contributed by atoms with E-state index in [-0.39, 0.29) is 11.8 Å². The number of nitrogens with one attached hydrogen (secondary N) is 1. The molecule has 2 aliphatic heterocycles. The van der Waals surface area contributed by atoms with Gasteiger partial charge in [0, 0.05) is 17.7 Å². The molecule has 1 N–H and O–H groups in total. The lowest BCUT2D eigenvalue weighted by molar-refractivity contribution is -0.117. The first-order valence-electron chi connectivity index (χ1n) is 7.56. The van der Waals surface area contributed by atoms with Crippen LogP contribution in [0.4, 0.5) is 5.69 Å². The molecule has 22 heavy (non-hydrogen) atoms. The topological polar surface area (TPSA) is 74.6 Å². The van der Waals surface area contributed by atoms with Crippen LogP contribution in [0, 0.1) is 17.2 Å². The number of nitrogens with zero attached hydrogens (tertiary/aromatic N) is 2. The second kappa shape index (κ2) is 6.67. The summed E-state index contributed by atoms with van der Waals surface area (Å²) in [7, 11) is 0. The van der Waals surface area contributed by atoms with Gasteiger partial charge in [0.1, 0.15) is 13.2 Å². The maximum Gasteiger partial charge on any atom is 0.238 e. The van der Waals surface area contributed by atoms with Crippen LogP contribution in [0.2, 0.25) is 0 Å². The van der Waals surface area contributed by atoms with E-state index in [9.17, 15) is 4.79 Å². The van der Waals surface area contributed by atoms with E-state index in [2.05, 4.69) is 16.3 Å². The number of benzene rings is 1. The fourth-order valence-electron chi connectivity index (χ4n) is 2.74. The number of carbonyl (C=O) groups is 1. The summed E-state index contributed by atoms with van der Waals surface area (Å²) in [5.74, 6) is 1.46. The molecule has 0 unspecified atom stereocenters. The average Bonchev–Trinajstić information content (AvgIpc) is 2.55. The number of hydrogen-bond donors (Lipinski definition) is 1. The van der Waals surface area contributed by atoms with E-state index >= 15 is 0 Å². The monoisotopic (exact) mass is 301 g/mol. The van der Waals surface area contributed by atoms with Crippen molar-refractivity contribution in [2.24, 2.45) is 5.92 Å². The molecule has 1 saturated heterocycles. The summed E-state index contributed by atoms with van der Waals surface area (Å²) in [4.78, 5) is 14.2. The molecular weight excluding hydrogens is 282 g/mol. The molecule has 6 heteroatoms. The first-order chi connectivity index (χ1) is 10.7. The minimum absolute atomic E-state index is 0.0490. The molecule has 0 radical (unpaired) electrons. The summed E-state index contributed by atoms with van der Waals surface area (Å²) in [6.45, 7) is 3.03. The lowest BCUT2D eigenvalue weighted by Gasteiger charge is -2.28. The lowest BCUT2D eigenvalue weighted by Crippen LogP contribution is -2.39. The summed E-state index contributed by atoms with van der Waals surface area (Å²) < 4.78 is 11.0. The maximum absolute atomic E-state index is 12.1. The highest BCUT2D eigenvalue weighted by Crippen LogP contribution is 2.32. The minimum Gasteiger partial charge on any atom is -0.486 e. The Hall–Kier alpha value is -2.26. The summed E-state index contributed by atoms with van der Waals surface area (Å²) in [5, 5.41) is 11.8. The number of amides is 1. The van der Waals surface area contributed by atoms with Gasteiger partial charge in [-0.15, -0.1) is 0 Å². The van der Waals surface area contributed by atoms with Gasteiger partial charge >= 0.3 is 0 Å². The zero-order chi connectivity index (χ0) is 15.4. The van der Waals surface area contributed by atoms with E-state index in [4.69, 9.17) is 14.7 Å². The number of anilines is 1. The second-order valence-electron chi connectivity index (χ2n) is 5.59. The molecule has 1 aromatic rings. The van der Waals surface area contributed by atoms with Crippen LogP contribution in [0.1, 0.15) is 12.8 Å². The Morgan fingerprint density at radius 2 is 2.00 bits per heavy atom. The smallest absolute Gasteiger partial charge is 0.238 e. The van der Waals surface area contributed by atoms with Crippen LogP contribution in [-0.2, 0) is 4.79 Å². The number of rotatable bonds is 3. The fourth-order valence-corrected chi connectivity index (χ4v) is 2.74. The SMILES string of the molecule is N#CC1CCN(CC(=O)Nc2ccc3c(c2)OCCO3)CC1. The number of nitriles is 1. The van der Waals surface area contributed by atoms with Gasteiger partial charge in [-0.05, 0) is 38.1 Å². The van der Waals surface area contributed by atoms with Crippen molar-refractivity contribution >= 4 is 11.6 Å². The largest absolute Gasteiger partial charge is 0.486 e. The van der Waals surface area contributed by atoms with Crippen LogP contribution >= 0.6 is 0 Å². The first-order valence-corrected chi connectivity index (χ1v) is 7.56. The van der Waals surface area contributed by atoms with E-state index in [1.807, 2.05) is 12.1 Å². The summed E-state index contributed by atoms with van der Waals surface area (Å²) in [6.07, 6.45) is 1.68. The van der Waals surface area contributed by atoms with Crippen molar-refractivity contribution in [3.63, 3.8) is 0 Å². The highest BCUT2D eigenvalue weighted by Gasteiger charge is 2.20. The number of piperidine rings is 1. The van der Waals surface area contributed by atoms with Crippen molar-refractivity contribution in [1.82, 2.24) is 4.90 Å². The van der Waals surface area contributed by atoms with Gasteiger partial charge in [-0.3, -0.25) is 9.69 Å². The third-order valence-corrected chi connectivity index (χ3v) is 3.96. The highest BCUT2D eigenvalue weighted by atomic mass is 16.6. The fraction of sp³-hybridized carbons (Fsp3) is 0.500. The van der Waals surface area contributed by atoms with Gasteiger partial charge in [-0.1, -0.05) is 0 Å². The first kappa shape index (κ1) is 14.7. The quantitative estimate of drug-likeness (QED) is 0.918. The molecular formula is C16H19N3O3. The molecule has 0 spiro atoms. The van der Waals surface area contributed by atoms with Crippen molar-refractivity contribution < 1.29 is 14.3 Å². The predicted molar refractivity (Wildman–Crippen MR) is 80.8 cm³/mol. The third-order valence-electron chi connectivity index (χ3n) is 3.96. The molecule has 116 valence electrons. The van der Waals surface area contributed by atoms with Crippen LogP contribution in [0.3, 0.4) is 0 Å². The molecule has 0 atom stereocenters. The zero-order valence-corrected chi connectivity index (χ0v) is 12.4.